The van der Waals surface area contributed by atoms with Crippen LogP contribution in [0, 0.1) is 3.57 Å². The van der Waals surface area contributed by atoms with Gasteiger partial charge in [0.1, 0.15) is 5.75 Å². The van der Waals surface area contributed by atoms with Gasteiger partial charge in [0.05, 0.1) is 7.11 Å². The largest absolute Gasteiger partial charge is 0.497 e. The number of ether oxygens (including phenoxy) is 1. The lowest BCUT2D eigenvalue weighted by molar-refractivity contribution is 0.411. The minimum absolute atomic E-state index is 0. The van der Waals surface area contributed by atoms with Crippen LogP contribution in [-0.2, 0) is 6.42 Å². The van der Waals surface area contributed by atoms with Gasteiger partial charge in [0.2, 0.25) is 0 Å². The fraction of sp³-hybridized carbons (Fsp3) is 0.429. The second-order valence-corrected chi connectivity index (χ2v) is 7.83. The van der Waals surface area contributed by atoms with Gasteiger partial charge in [-0.15, -0.1) is 12.4 Å². The summed E-state index contributed by atoms with van der Waals surface area (Å²) in [6, 6.07) is 15.5. The minimum atomic E-state index is 0. The lowest BCUT2D eigenvalue weighted by atomic mass is 9.76. The molecule has 1 aliphatic rings. The lowest BCUT2D eigenvalue weighted by Crippen LogP contribution is -2.22. The third-order valence-corrected chi connectivity index (χ3v) is 6.14. The molecule has 0 fully saturated rings. The number of rotatable bonds is 6. The fourth-order valence-electron chi connectivity index (χ4n) is 3.98. The fourth-order valence-corrected chi connectivity index (χ4v) is 4.81. The Hall–Kier alpha value is -0.780. The normalized spacial score (nSPS) is 17.3. The Bertz CT molecular complexity index is 691. The molecule has 2 atom stereocenters. The van der Waals surface area contributed by atoms with Crippen LogP contribution in [0.4, 0.5) is 0 Å². The van der Waals surface area contributed by atoms with Gasteiger partial charge >= 0.3 is 0 Å². The van der Waals surface area contributed by atoms with E-state index in [-0.39, 0.29) is 12.4 Å². The van der Waals surface area contributed by atoms with Crippen LogP contribution in [0.5, 0.6) is 5.75 Å². The highest BCUT2D eigenvalue weighted by Crippen LogP contribution is 2.40. The van der Waals surface area contributed by atoms with E-state index in [4.69, 9.17) is 4.74 Å². The van der Waals surface area contributed by atoms with Gasteiger partial charge in [-0.3, -0.25) is 0 Å². The van der Waals surface area contributed by atoms with Crippen LogP contribution in [0.3, 0.4) is 0 Å². The van der Waals surface area contributed by atoms with E-state index in [1.165, 1.54) is 45.9 Å². The number of aryl methyl sites for hydroxylation is 1. The number of benzene rings is 2. The Morgan fingerprint density at radius 1 is 1.24 bits per heavy atom. The van der Waals surface area contributed by atoms with E-state index in [1.54, 1.807) is 7.11 Å². The van der Waals surface area contributed by atoms with Crippen LogP contribution >= 0.6 is 35.0 Å². The summed E-state index contributed by atoms with van der Waals surface area (Å²) in [6.07, 6.45) is 4.97. The SMILES string of the molecule is CNCC(CC1CCCc2cc(OC)ccc21)c1ccccc1I.Cl. The first-order valence-electron chi connectivity index (χ1n) is 8.78. The van der Waals surface area contributed by atoms with Gasteiger partial charge in [-0.05, 0) is 102 Å². The van der Waals surface area contributed by atoms with E-state index in [9.17, 15) is 0 Å². The number of hydrogen-bond acceptors (Lipinski definition) is 2. The van der Waals surface area contributed by atoms with Crippen LogP contribution < -0.4 is 10.1 Å². The molecule has 3 rings (SSSR count). The molecule has 0 heterocycles. The summed E-state index contributed by atoms with van der Waals surface area (Å²) in [5, 5.41) is 3.40. The molecule has 1 N–H and O–H groups in total. The Morgan fingerprint density at radius 2 is 2.04 bits per heavy atom. The maximum absolute atomic E-state index is 5.41. The zero-order chi connectivity index (χ0) is 16.9. The summed E-state index contributed by atoms with van der Waals surface area (Å²) < 4.78 is 6.79. The van der Waals surface area contributed by atoms with Crippen LogP contribution in [0.2, 0.25) is 0 Å². The van der Waals surface area contributed by atoms with Gasteiger partial charge in [-0.25, -0.2) is 0 Å². The quantitative estimate of drug-likeness (QED) is 0.559. The number of hydrogen-bond donors (Lipinski definition) is 1. The zero-order valence-electron chi connectivity index (χ0n) is 14.9. The number of halogens is 2. The van der Waals surface area contributed by atoms with E-state index in [0.717, 1.165) is 12.3 Å². The molecule has 4 heteroatoms. The van der Waals surface area contributed by atoms with Crippen molar-refractivity contribution in [2.75, 3.05) is 20.7 Å². The van der Waals surface area contributed by atoms with Crippen molar-refractivity contribution < 1.29 is 4.74 Å². The van der Waals surface area contributed by atoms with Crippen molar-refractivity contribution >= 4 is 35.0 Å². The number of fused-ring (bicyclic) bond motifs is 1. The van der Waals surface area contributed by atoms with Crippen molar-refractivity contribution in [2.24, 2.45) is 0 Å². The second-order valence-electron chi connectivity index (χ2n) is 6.67. The third-order valence-electron chi connectivity index (χ3n) is 5.15. The molecule has 2 aromatic carbocycles. The highest BCUT2D eigenvalue weighted by atomic mass is 127. The Morgan fingerprint density at radius 3 is 2.76 bits per heavy atom. The molecule has 0 aliphatic heterocycles. The number of nitrogens with one attached hydrogen (secondary N) is 1. The summed E-state index contributed by atoms with van der Waals surface area (Å²) >= 11 is 2.47. The predicted octanol–water partition coefficient (Wildman–Crippen LogP) is 5.53. The van der Waals surface area contributed by atoms with Crippen LogP contribution in [0.1, 0.15) is 47.8 Å². The van der Waals surface area contributed by atoms with Gasteiger partial charge in [0.25, 0.3) is 0 Å². The standard InChI is InChI=1S/C21H26INO.ClH/c1-23-14-17(20-8-3-4-9-21(20)22)12-15-6-5-7-16-13-18(24-2)10-11-19(15)16;/h3-4,8-11,13,15,17,23H,5-7,12,14H2,1-2H3;1H. The smallest absolute Gasteiger partial charge is 0.119 e. The summed E-state index contributed by atoms with van der Waals surface area (Å²) in [5.74, 6) is 2.19. The van der Waals surface area contributed by atoms with Gasteiger partial charge in [-0.1, -0.05) is 24.3 Å². The van der Waals surface area contributed by atoms with Crippen LogP contribution in [0.25, 0.3) is 0 Å². The Balaban J connectivity index is 0.00000225. The van der Waals surface area contributed by atoms with E-state index in [1.807, 2.05) is 0 Å². The maximum Gasteiger partial charge on any atom is 0.119 e. The van der Waals surface area contributed by atoms with E-state index >= 15 is 0 Å². The molecule has 25 heavy (non-hydrogen) atoms. The third kappa shape index (κ3) is 4.89. The Kier molecular flexibility index (Phi) is 8.04. The maximum atomic E-state index is 5.41. The molecule has 0 amide bonds. The second kappa shape index (κ2) is 9.79. The molecular formula is C21H27ClINO. The molecule has 136 valence electrons. The molecule has 2 aromatic rings. The molecule has 0 spiro atoms. The molecule has 0 bridgehead atoms. The topological polar surface area (TPSA) is 21.3 Å². The highest BCUT2D eigenvalue weighted by Gasteiger charge is 2.25. The van der Waals surface area contributed by atoms with E-state index < -0.39 is 0 Å². The summed E-state index contributed by atoms with van der Waals surface area (Å²) in [5.41, 5.74) is 4.50. The molecular weight excluding hydrogens is 445 g/mol. The molecule has 2 nitrogen and oxygen atoms in total. The molecule has 2 unspecified atom stereocenters. The van der Waals surface area contributed by atoms with Crippen molar-refractivity contribution in [1.82, 2.24) is 5.32 Å². The Labute approximate surface area is 171 Å². The summed E-state index contributed by atoms with van der Waals surface area (Å²) in [4.78, 5) is 0. The molecule has 0 radical (unpaired) electrons. The van der Waals surface area contributed by atoms with Crippen LogP contribution in [0.15, 0.2) is 42.5 Å². The van der Waals surface area contributed by atoms with Gasteiger partial charge < -0.3 is 10.1 Å². The highest BCUT2D eigenvalue weighted by molar-refractivity contribution is 14.1. The van der Waals surface area contributed by atoms with E-state index in [0.29, 0.717) is 11.8 Å². The van der Waals surface area contributed by atoms with Gasteiger partial charge in [0.15, 0.2) is 0 Å². The van der Waals surface area contributed by atoms with Crippen molar-refractivity contribution in [3.05, 3.63) is 62.7 Å². The zero-order valence-corrected chi connectivity index (χ0v) is 17.9. The van der Waals surface area contributed by atoms with Crippen LogP contribution in [-0.4, -0.2) is 20.7 Å². The average molecular weight is 472 g/mol. The molecule has 0 saturated carbocycles. The predicted molar refractivity (Wildman–Crippen MR) is 116 cm³/mol. The van der Waals surface area contributed by atoms with Gasteiger partial charge in [0, 0.05) is 10.1 Å². The molecule has 1 aliphatic carbocycles. The molecule has 0 aromatic heterocycles. The first-order chi connectivity index (χ1) is 11.7. The molecule has 0 saturated heterocycles. The first-order valence-corrected chi connectivity index (χ1v) is 9.86. The van der Waals surface area contributed by atoms with E-state index in [2.05, 4.69) is 77.4 Å². The average Bonchev–Trinajstić information content (AvgIpc) is 2.61. The first kappa shape index (κ1) is 20.5. The monoisotopic (exact) mass is 471 g/mol. The number of likely N-dealkylation sites (N-methyl/N-ethyl adjacent to an activating group) is 1. The van der Waals surface area contributed by atoms with Gasteiger partial charge in [-0.2, -0.15) is 0 Å². The summed E-state index contributed by atoms with van der Waals surface area (Å²) in [6.45, 7) is 1.03. The van der Waals surface area contributed by atoms with Crippen molar-refractivity contribution in [2.45, 2.75) is 37.5 Å². The van der Waals surface area contributed by atoms with Crippen molar-refractivity contribution in [3.63, 3.8) is 0 Å². The number of methoxy groups -OCH3 is 1. The summed E-state index contributed by atoms with van der Waals surface area (Å²) in [7, 11) is 3.81. The van der Waals surface area contributed by atoms with Crippen molar-refractivity contribution in [1.29, 1.82) is 0 Å². The van der Waals surface area contributed by atoms with Crippen molar-refractivity contribution in [3.8, 4) is 5.75 Å². The minimum Gasteiger partial charge on any atom is -0.497 e. The lowest BCUT2D eigenvalue weighted by Gasteiger charge is -2.30.